The summed E-state index contributed by atoms with van der Waals surface area (Å²) in [5.41, 5.74) is 2.25. The topological polar surface area (TPSA) is 38.7 Å². The van der Waals surface area contributed by atoms with Crippen LogP contribution in [0.5, 0.6) is 0 Å². The van der Waals surface area contributed by atoms with Gasteiger partial charge in [0.1, 0.15) is 11.6 Å². The van der Waals surface area contributed by atoms with E-state index in [-0.39, 0.29) is 23.2 Å². The minimum Gasteiger partial charge on any atom is -0.458 e. The van der Waals surface area contributed by atoms with Crippen molar-refractivity contribution in [1.82, 2.24) is 0 Å². The van der Waals surface area contributed by atoms with E-state index in [2.05, 4.69) is 70.8 Å². The Labute approximate surface area is 179 Å². The van der Waals surface area contributed by atoms with Gasteiger partial charge in [-0.1, -0.05) is 79.7 Å². The normalized spacial score (nSPS) is 15.2. The fourth-order valence-corrected chi connectivity index (χ4v) is 3.85. The molecule has 164 valence electrons. The highest BCUT2D eigenvalue weighted by Crippen LogP contribution is 2.30. The Kier molecular flexibility index (Phi) is 9.11. The Balaban J connectivity index is 2.76. The molecule has 0 N–H and O–H groups in total. The van der Waals surface area contributed by atoms with Crippen LogP contribution in [0.15, 0.2) is 29.3 Å². The molecule has 1 aromatic rings. The largest absolute Gasteiger partial charge is 0.458 e. The van der Waals surface area contributed by atoms with Crippen LogP contribution < -0.4 is 0 Å². The average Bonchev–Trinajstić information content (AvgIpc) is 2.52. The molecule has 0 amide bonds. The number of hydrogen-bond donors (Lipinski definition) is 0. The Hall–Kier alpha value is -1.64. The summed E-state index contributed by atoms with van der Waals surface area (Å²) in [4.78, 5) is 17.5. The van der Waals surface area contributed by atoms with E-state index in [0.29, 0.717) is 5.92 Å². The third kappa shape index (κ3) is 9.60. The van der Waals surface area contributed by atoms with E-state index in [4.69, 9.17) is 4.74 Å². The molecular formula is C26H43NO2. The van der Waals surface area contributed by atoms with Crippen molar-refractivity contribution in [3.8, 4) is 0 Å². The SMILES string of the molecule is CC(C=NC(C(=O)OC(C)(C)CC(C)(C)C)C(C)C)Cc1ccc(C(C)C)cc1. The summed E-state index contributed by atoms with van der Waals surface area (Å²) < 4.78 is 5.87. The number of nitrogens with zero attached hydrogens (tertiary/aromatic N) is 1. The summed E-state index contributed by atoms with van der Waals surface area (Å²) in [6, 6.07) is 8.34. The zero-order chi connectivity index (χ0) is 22.4. The minimum atomic E-state index is -0.498. The van der Waals surface area contributed by atoms with Crippen LogP contribution in [0.4, 0.5) is 0 Å². The summed E-state index contributed by atoms with van der Waals surface area (Å²) in [6.45, 7) is 21.1. The van der Waals surface area contributed by atoms with Gasteiger partial charge in [0.25, 0.3) is 0 Å². The van der Waals surface area contributed by atoms with Crippen molar-refractivity contribution in [2.45, 2.75) is 99.6 Å². The fourth-order valence-electron chi connectivity index (χ4n) is 3.85. The molecule has 0 heterocycles. The summed E-state index contributed by atoms with van der Waals surface area (Å²) in [7, 11) is 0. The van der Waals surface area contributed by atoms with E-state index in [0.717, 1.165) is 12.8 Å². The number of rotatable bonds is 9. The van der Waals surface area contributed by atoms with Gasteiger partial charge in [-0.05, 0) is 61.0 Å². The first-order chi connectivity index (χ1) is 13.2. The lowest BCUT2D eigenvalue weighted by molar-refractivity contribution is -0.161. The zero-order valence-corrected chi connectivity index (χ0v) is 20.4. The van der Waals surface area contributed by atoms with E-state index in [9.17, 15) is 4.79 Å². The smallest absolute Gasteiger partial charge is 0.331 e. The lowest BCUT2D eigenvalue weighted by atomic mass is 9.83. The standard InChI is InChI=1S/C26H43NO2/c1-18(2)22-13-11-21(12-14-22)15-20(5)16-27-23(19(3)4)24(28)29-26(9,10)17-25(6,7)8/h11-14,16,18-20,23H,15,17H2,1-10H3. The molecule has 1 aromatic carbocycles. The second-order valence-corrected chi connectivity index (χ2v) is 11.0. The molecule has 0 bridgehead atoms. The third-order valence-corrected chi connectivity index (χ3v) is 4.91. The second-order valence-electron chi connectivity index (χ2n) is 11.0. The monoisotopic (exact) mass is 401 g/mol. The molecule has 2 atom stereocenters. The van der Waals surface area contributed by atoms with Crippen molar-refractivity contribution >= 4 is 12.2 Å². The summed E-state index contributed by atoms with van der Waals surface area (Å²) in [5.74, 6) is 0.681. The van der Waals surface area contributed by atoms with Crippen LogP contribution in [0, 0.1) is 17.3 Å². The third-order valence-electron chi connectivity index (χ3n) is 4.91. The highest BCUT2D eigenvalue weighted by Gasteiger charge is 2.32. The predicted molar refractivity (Wildman–Crippen MR) is 125 cm³/mol. The maximum absolute atomic E-state index is 12.8. The van der Waals surface area contributed by atoms with E-state index < -0.39 is 11.6 Å². The van der Waals surface area contributed by atoms with Gasteiger partial charge in [0.2, 0.25) is 0 Å². The summed E-state index contributed by atoms with van der Waals surface area (Å²) in [5, 5.41) is 0. The molecule has 2 unspecified atom stereocenters. The first-order valence-corrected chi connectivity index (χ1v) is 11.0. The van der Waals surface area contributed by atoms with Gasteiger partial charge in [0.05, 0.1) is 0 Å². The van der Waals surface area contributed by atoms with E-state index in [1.54, 1.807) is 0 Å². The van der Waals surface area contributed by atoms with Crippen molar-refractivity contribution in [3.05, 3.63) is 35.4 Å². The molecular weight excluding hydrogens is 358 g/mol. The Bertz CT molecular complexity index is 663. The molecule has 0 aliphatic heterocycles. The van der Waals surface area contributed by atoms with Gasteiger partial charge >= 0.3 is 5.97 Å². The Morgan fingerprint density at radius 1 is 1.00 bits per heavy atom. The molecule has 0 aliphatic rings. The van der Waals surface area contributed by atoms with Gasteiger partial charge in [-0.15, -0.1) is 0 Å². The Morgan fingerprint density at radius 3 is 2.00 bits per heavy atom. The second kappa shape index (κ2) is 10.4. The van der Waals surface area contributed by atoms with Gasteiger partial charge in [-0.2, -0.15) is 0 Å². The molecule has 0 saturated carbocycles. The number of carbonyl (C=O) groups excluding carboxylic acids is 1. The quantitative estimate of drug-likeness (QED) is 0.335. The average molecular weight is 402 g/mol. The Morgan fingerprint density at radius 2 is 1.55 bits per heavy atom. The van der Waals surface area contributed by atoms with Crippen molar-refractivity contribution in [2.24, 2.45) is 22.2 Å². The van der Waals surface area contributed by atoms with Gasteiger partial charge < -0.3 is 4.74 Å². The van der Waals surface area contributed by atoms with E-state index in [1.165, 1.54) is 11.1 Å². The van der Waals surface area contributed by atoms with Gasteiger partial charge in [0.15, 0.2) is 0 Å². The molecule has 0 aromatic heterocycles. The summed E-state index contributed by atoms with van der Waals surface area (Å²) in [6.07, 6.45) is 3.65. The lowest BCUT2D eigenvalue weighted by Gasteiger charge is -2.33. The number of esters is 1. The number of aliphatic imine (C=N–C) groups is 1. The molecule has 0 radical (unpaired) electrons. The van der Waals surface area contributed by atoms with Crippen LogP contribution in [-0.2, 0) is 16.0 Å². The first kappa shape index (κ1) is 25.4. The van der Waals surface area contributed by atoms with E-state index in [1.807, 2.05) is 33.9 Å². The van der Waals surface area contributed by atoms with Crippen molar-refractivity contribution < 1.29 is 9.53 Å². The van der Waals surface area contributed by atoms with Crippen LogP contribution >= 0.6 is 0 Å². The molecule has 1 rings (SSSR count). The van der Waals surface area contributed by atoms with Crippen molar-refractivity contribution in [1.29, 1.82) is 0 Å². The van der Waals surface area contributed by atoms with Gasteiger partial charge in [0, 0.05) is 6.21 Å². The molecule has 0 saturated heterocycles. The molecule has 3 nitrogen and oxygen atoms in total. The maximum Gasteiger partial charge on any atom is 0.331 e. The van der Waals surface area contributed by atoms with Crippen molar-refractivity contribution in [3.63, 3.8) is 0 Å². The molecule has 3 heteroatoms. The highest BCUT2D eigenvalue weighted by molar-refractivity contribution is 5.79. The van der Waals surface area contributed by atoms with Crippen molar-refractivity contribution in [2.75, 3.05) is 0 Å². The number of benzene rings is 1. The molecule has 0 spiro atoms. The minimum absolute atomic E-state index is 0.0972. The highest BCUT2D eigenvalue weighted by atomic mass is 16.6. The number of carbonyl (C=O) groups is 1. The zero-order valence-electron chi connectivity index (χ0n) is 20.4. The summed E-state index contributed by atoms with van der Waals surface area (Å²) >= 11 is 0. The maximum atomic E-state index is 12.8. The van der Waals surface area contributed by atoms with Gasteiger partial charge in [-0.25, -0.2) is 4.79 Å². The van der Waals surface area contributed by atoms with Crippen LogP contribution in [0.3, 0.4) is 0 Å². The van der Waals surface area contributed by atoms with Gasteiger partial charge in [-0.3, -0.25) is 4.99 Å². The number of hydrogen-bond acceptors (Lipinski definition) is 3. The molecule has 29 heavy (non-hydrogen) atoms. The van der Waals surface area contributed by atoms with Crippen LogP contribution in [0.1, 0.15) is 92.7 Å². The molecule has 0 fully saturated rings. The first-order valence-electron chi connectivity index (χ1n) is 11.0. The lowest BCUT2D eigenvalue weighted by Crippen LogP contribution is -2.38. The fraction of sp³-hybridized carbons (Fsp3) is 0.692. The number of ether oxygens (including phenoxy) is 1. The predicted octanol–water partition coefficient (Wildman–Crippen LogP) is 6.84. The molecule has 0 aliphatic carbocycles. The van der Waals surface area contributed by atoms with E-state index >= 15 is 0 Å². The van der Waals surface area contributed by atoms with Crippen LogP contribution in [0.2, 0.25) is 0 Å². The van der Waals surface area contributed by atoms with Crippen LogP contribution in [0.25, 0.3) is 0 Å². The van der Waals surface area contributed by atoms with Crippen LogP contribution in [-0.4, -0.2) is 23.8 Å².